The molecule has 1 aliphatic rings. The van der Waals surface area contributed by atoms with Gasteiger partial charge < -0.3 is 10.6 Å². The van der Waals surface area contributed by atoms with Crippen molar-refractivity contribution < 1.29 is 31.2 Å². The van der Waals surface area contributed by atoms with Crippen LogP contribution in [0.25, 0.3) is 0 Å². The van der Waals surface area contributed by atoms with Gasteiger partial charge in [0.25, 0.3) is 0 Å². The maximum Gasteiger partial charge on any atom is 0.416 e. The molecule has 1 aliphatic heterocycles. The molecule has 0 radical (unpaired) electrons. The molecule has 0 spiro atoms. The van der Waals surface area contributed by atoms with Gasteiger partial charge in [0, 0.05) is 6.04 Å². The summed E-state index contributed by atoms with van der Waals surface area (Å²) in [5.74, 6) is -1.81. The highest BCUT2D eigenvalue weighted by atomic mass is 35.5. The molecule has 11 heteroatoms. The van der Waals surface area contributed by atoms with Gasteiger partial charge in [0.1, 0.15) is 6.42 Å². The summed E-state index contributed by atoms with van der Waals surface area (Å²) < 4.78 is 60.6. The van der Waals surface area contributed by atoms with Crippen LogP contribution in [0.1, 0.15) is 18.4 Å². The Labute approximate surface area is 146 Å². The fourth-order valence-electron chi connectivity index (χ4n) is 2.33. The fourth-order valence-corrected chi connectivity index (χ4v) is 4.16. The molecule has 0 saturated carbocycles. The molecular formula is C14H14ClF3N2O4S. The van der Waals surface area contributed by atoms with Crippen molar-refractivity contribution in [2.75, 3.05) is 16.8 Å². The fraction of sp³-hybridized carbons (Fsp3) is 0.429. The Morgan fingerprint density at radius 1 is 1.24 bits per heavy atom. The molecule has 2 N–H and O–H groups in total. The number of hydrogen-bond donors (Lipinski definition) is 2. The van der Waals surface area contributed by atoms with E-state index in [1.54, 1.807) is 0 Å². The highest BCUT2D eigenvalue weighted by molar-refractivity contribution is 7.91. The predicted octanol–water partition coefficient (Wildman–Crippen LogP) is 1.99. The topological polar surface area (TPSA) is 92.3 Å². The van der Waals surface area contributed by atoms with Crippen LogP contribution in [0, 0.1) is 0 Å². The molecule has 0 bridgehead atoms. The van der Waals surface area contributed by atoms with Gasteiger partial charge in [-0.1, -0.05) is 11.6 Å². The second-order valence-electron chi connectivity index (χ2n) is 5.58. The van der Waals surface area contributed by atoms with Crippen LogP contribution in [-0.4, -0.2) is 37.8 Å². The van der Waals surface area contributed by atoms with E-state index in [0.29, 0.717) is 6.07 Å². The van der Waals surface area contributed by atoms with Gasteiger partial charge in [0.15, 0.2) is 9.84 Å². The first-order valence-corrected chi connectivity index (χ1v) is 9.32. The lowest BCUT2D eigenvalue weighted by Gasteiger charge is -2.13. The molecule has 138 valence electrons. The maximum atomic E-state index is 12.7. The first kappa shape index (κ1) is 19.5. The lowest BCUT2D eigenvalue weighted by molar-refractivity contribution is -0.137. The molecule has 0 aliphatic carbocycles. The second-order valence-corrected chi connectivity index (χ2v) is 8.22. The van der Waals surface area contributed by atoms with Crippen molar-refractivity contribution in [3.8, 4) is 0 Å². The third-order valence-corrected chi connectivity index (χ3v) is 5.58. The lowest BCUT2D eigenvalue weighted by atomic mass is 10.2. The van der Waals surface area contributed by atoms with Gasteiger partial charge >= 0.3 is 6.18 Å². The van der Waals surface area contributed by atoms with Gasteiger partial charge in [-0.25, -0.2) is 8.42 Å². The molecule has 6 nitrogen and oxygen atoms in total. The van der Waals surface area contributed by atoms with Crippen molar-refractivity contribution >= 4 is 38.9 Å². The average Bonchev–Trinajstić information content (AvgIpc) is 2.78. The van der Waals surface area contributed by atoms with Gasteiger partial charge in [-0.05, 0) is 24.6 Å². The molecule has 25 heavy (non-hydrogen) atoms. The van der Waals surface area contributed by atoms with Crippen LogP contribution in [0.4, 0.5) is 18.9 Å². The summed E-state index contributed by atoms with van der Waals surface area (Å²) in [6, 6.07) is 1.86. The van der Waals surface area contributed by atoms with E-state index in [2.05, 4.69) is 10.6 Å². The van der Waals surface area contributed by atoms with E-state index in [0.717, 1.165) is 12.1 Å². The molecule has 1 unspecified atom stereocenters. The SMILES string of the molecule is O=C(CC(=O)NC1CCS(=O)(=O)C1)Nc1cc(C(F)(F)F)ccc1Cl. The molecule has 1 heterocycles. The minimum atomic E-state index is -4.60. The number of carbonyl (C=O) groups is 2. The van der Waals surface area contributed by atoms with Crippen LogP contribution in [0.5, 0.6) is 0 Å². The molecule has 2 rings (SSSR count). The number of rotatable bonds is 4. The number of sulfone groups is 1. The Hall–Kier alpha value is -1.81. The predicted molar refractivity (Wildman–Crippen MR) is 84.9 cm³/mol. The van der Waals surface area contributed by atoms with Crippen molar-refractivity contribution in [1.29, 1.82) is 0 Å². The Morgan fingerprint density at radius 2 is 1.92 bits per heavy atom. The Morgan fingerprint density at radius 3 is 2.48 bits per heavy atom. The number of benzene rings is 1. The number of carbonyl (C=O) groups excluding carboxylic acids is 2. The van der Waals surface area contributed by atoms with E-state index in [4.69, 9.17) is 11.6 Å². The van der Waals surface area contributed by atoms with Crippen LogP contribution in [0.3, 0.4) is 0 Å². The summed E-state index contributed by atoms with van der Waals surface area (Å²) in [6.45, 7) is 0. The van der Waals surface area contributed by atoms with E-state index < -0.39 is 45.9 Å². The summed E-state index contributed by atoms with van der Waals surface area (Å²) >= 11 is 5.75. The Balaban J connectivity index is 1.95. The largest absolute Gasteiger partial charge is 0.416 e. The normalized spacial score (nSPS) is 19.4. The van der Waals surface area contributed by atoms with E-state index in [1.165, 1.54) is 0 Å². The number of halogens is 4. The molecule has 1 atom stereocenters. The molecule has 2 amide bonds. The van der Waals surface area contributed by atoms with Crippen molar-refractivity contribution in [3.63, 3.8) is 0 Å². The van der Waals surface area contributed by atoms with Gasteiger partial charge in [0.2, 0.25) is 11.8 Å². The molecule has 1 saturated heterocycles. The van der Waals surface area contributed by atoms with Gasteiger partial charge in [0.05, 0.1) is 27.8 Å². The zero-order chi connectivity index (χ0) is 18.8. The summed E-state index contributed by atoms with van der Waals surface area (Å²) in [5.41, 5.74) is -1.26. The molecular weight excluding hydrogens is 385 g/mol. The summed E-state index contributed by atoms with van der Waals surface area (Å²) in [7, 11) is -3.18. The van der Waals surface area contributed by atoms with Crippen molar-refractivity contribution in [1.82, 2.24) is 5.32 Å². The van der Waals surface area contributed by atoms with Gasteiger partial charge in [-0.15, -0.1) is 0 Å². The lowest BCUT2D eigenvalue weighted by Crippen LogP contribution is -2.37. The molecule has 1 fully saturated rings. The van der Waals surface area contributed by atoms with Crippen LogP contribution in [0.15, 0.2) is 18.2 Å². The number of hydrogen-bond acceptors (Lipinski definition) is 4. The van der Waals surface area contributed by atoms with Crippen LogP contribution < -0.4 is 10.6 Å². The van der Waals surface area contributed by atoms with E-state index in [9.17, 15) is 31.2 Å². The third-order valence-electron chi connectivity index (χ3n) is 3.49. The quantitative estimate of drug-likeness (QED) is 0.759. The number of amides is 2. The zero-order valence-electron chi connectivity index (χ0n) is 12.7. The number of anilines is 1. The van der Waals surface area contributed by atoms with E-state index >= 15 is 0 Å². The minimum absolute atomic E-state index is 0.0377. The van der Waals surface area contributed by atoms with Crippen molar-refractivity contribution in [3.05, 3.63) is 28.8 Å². The van der Waals surface area contributed by atoms with Gasteiger partial charge in [-0.2, -0.15) is 13.2 Å². The smallest absolute Gasteiger partial charge is 0.352 e. The van der Waals surface area contributed by atoms with E-state index in [1.807, 2.05) is 0 Å². The molecule has 1 aromatic rings. The summed E-state index contributed by atoms with van der Waals surface area (Å²) in [6.07, 6.45) is -5.01. The third kappa shape index (κ3) is 5.60. The Bertz CT molecular complexity index is 796. The van der Waals surface area contributed by atoms with Crippen molar-refractivity contribution in [2.24, 2.45) is 0 Å². The highest BCUT2D eigenvalue weighted by Crippen LogP contribution is 2.33. The van der Waals surface area contributed by atoms with E-state index in [-0.39, 0.29) is 28.6 Å². The first-order chi connectivity index (χ1) is 11.5. The zero-order valence-corrected chi connectivity index (χ0v) is 14.3. The highest BCUT2D eigenvalue weighted by Gasteiger charge is 2.31. The standard InChI is InChI=1S/C14H14ClF3N2O4S/c15-10-2-1-8(14(16,17)18)5-11(10)20-13(22)6-12(21)19-9-3-4-25(23,24)7-9/h1-2,5,9H,3-4,6-7H2,(H,19,21)(H,20,22). The number of nitrogens with one attached hydrogen (secondary N) is 2. The maximum absolute atomic E-state index is 12.7. The molecule has 0 aromatic heterocycles. The van der Waals surface area contributed by atoms with Crippen LogP contribution >= 0.6 is 11.6 Å². The summed E-state index contributed by atoms with van der Waals surface area (Å²) in [4.78, 5) is 23.5. The van der Waals surface area contributed by atoms with Crippen LogP contribution in [0.2, 0.25) is 5.02 Å². The summed E-state index contributed by atoms with van der Waals surface area (Å²) in [5, 5.41) is 4.45. The minimum Gasteiger partial charge on any atom is -0.352 e. The first-order valence-electron chi connectivity index (χ1n) is 7.13. The number of alkyl halides is 3. The molecule has 1 aromatic carbocycles. The van der Waals surface area contributed by atoms with Crippen LogP contribution in [-0.2, 0) is 25.6 Å². The second kappa shape index (κ2) is 7.20. The monoisotopic (exact) mass is 398 g/mol. The van der Waals surface area contributed by atoms with Gasteiger partial charge in [-0.3, -0.25) is 9.59 Å². The average molecular weight is 399 g/mol. The Kier molecular flexibility index (Phi) is 5.62. The van der Waals surface area contributed by atoms with Crippen molar-refractivity contribution in [2.45, 2.75) is 25.1 Å².